The Labute approximate surface area is 125 Å². The molecule has 2 atom stereocenters. The second-order valence-electron chi connectivity index (χ2n) is 6.43. The van der Waals surface area contributed by atoms with Crippen molar-refractivity contribution in [1.82, 2.24) is 10.2 Å². The first kappa shape index (κ1) is 15.8. The monoisotopic (exact) mass is 292 g/mol. The average Bonchev–Trinajstić information content (AvgIpc) is 2.77. The summed E-state index contributed by atoms with van der Waals surface area (Å²) in [6.07, 6.45) is -0.938. The van der Waals surface area contributed by atoms with Gasteiger partial charge in [-0.3, -0.25) is 0 Å². The van der Waals surface area contributed by atoms with Gasteiger partial charge < -0.3 is 20.1 Å². The maximum atomic E-state index is 12.0. The highest BCUT2D eigenvalue weighted by Gasteiger charge is 2.35. The van der Waals surface area contributed by atoms with Crippen LogP contribution in [0.2, 0.25) is 0 Å². The number of β-amino-alcohol motifs (C(OH)–C–C–N with tert-alkyl or cyclic N) is 1. The molecule has 5 nitrogen and oxygen atoms in total. The van der Waals surface area contributed by atoms with Gasteiger partial charge in [0.1, 0.15) is 5.60 Å². The van der Waals surface area contributed by atoms with Gasteiger partial charge in [-0.15, -0.1) is 0 Å². The quantitative estimate of drug-likeness (QED) is 0.891. The number of nitrogens with zero attached hydrogens (tertiary/aromatic N) is 1. The molecule has 0 aromatic heterocycles. The van der Waals surface area contributed by atoms with Gasteiger partial charge in [0.2, 0.25) is 0 Å². The summed E-state index contributed by atoms with van der Waals surface area (Å²) >= 11 is 0. The predicted octanol–water partition coefficient (Wildman–Crippen LogP) is 1.76. The lowest BCUT2D eigenvalue weighted by Gasteiger charge is -2.24. The minimum absolute atomic E-state index is 0.127. The van der Waals surface area contributed by atoms with E-state index in [9.17, 15) is 9.90 Å². The van der Waals surface area contributed by atoms with Crippen molar-refractivity contribution in [3.8, 4) is 0 Å². The van der Waals surface area contributed by atoms with Crippen molar-refractivity contribution in [2.75, 3.05) is 13.1 Å². The molecule has 116 valence electrons. The molecular formula is C16H24N2O3. The highest BCUT2D eigenvalue weighted by Crippen LogP contribution is 2.16. The Bertz CT molecular complexity index is 470. The van der Waals surface area contributed by atoms with Gasteiger partial charge in [0, 0.05) is 13.1 Å². The molecule has 1 amide bonds. The Hall–Kier alpha value is -1.59. The third-order valence-electron chi connectivity index (χ3n) is 3.35. The summed E-state index contributed by atoms with van der Waals surface area (Å²) in [5.41, 5.74) is 0.637. The molecule has 2 N–H and O–H groups in total. The van der Waals surface area contributed by atoms with Crippen LogP contribution in [-0.4, -0.2) is 46.9 Å². The van der Waals surface area contributed by atoms with E-state index in [0.29, 0.717) is 19.6 Å². The first-order valence-corrected chi connectivity index (χ1v) is 7.28. The number of benzene rings is 1. The van der Waals surface area contributed by atoms with Crippen LogP contribution in [0.1, 0.15) is 26.3 Å². The van der Waals surface area contributed by atoms with Crippen molar-refractivity contribution < 1.29 is 14.6 Å². The van der Waals surface area contributed by atoms with Crippen molar-refractivity contribution in [3.05, 3.63) is 35.9 Å². The molecule has 2 rings (SSSR count). The first-order chi connectivity index (χ1) is 9.85. The molecule has 1 fully saturated rings. The molecule has 1 aliphatic heterocycles. The number of nitrogens with one attached hydrogen (secondary N) is 1. The van der Waals surface area contributed by atoms with Gasteiger partial charge in [-0.1, -0.05) is 30.3 Å². The maximum Gasteiger partial charge on any atom is 0.410 e. The largest absolute Gasteiger partial charge is 0.444 e. The lowest BCUT2D eigenvalue weighted by Crippen LogP contribution is -2.39. The minimum atomic E-state index is -0.568. The van der Waals surface area contributed by atoms with E-state index >= 15 is 0 Å². The van der Waals surface area contributed by atoms with E-state index in [0.717, 1.165) is 5.56 Å². The van der Waals surface area contributed by atoms with Crippen LogP contribution >= 0.6 is 0 Å². The lowest BCUT2D eigenvalue weighted by molar-refractivity contribution is 0.0270. The summed E-state index contributed by atoms with van der Waals surface area (Å²) < 4.78 is 5.33. The van der Waals surface area contributed by atoms with Gasteiger partial charge in [-0.25, -0.2) is 4.79 Å². The van der Waals surface area contributed by atoms with E-state index in [1.54, 1.807) is 4.90 Å². The third kappa shape index (κ3) is 4.72. The van der Waals surface area contributed by atoms with Crippen LogP contribution in [0.3, 0.4) is 0 Å². The second-order valence-corrected chi connectivity index (χ2v) is 6.43. The number of likely N-dealkylation sites (tertiary alicyclic amines) is 1. The average molecular weight is 292 g/mol. The molecular weight excluding hydrogens is 268 g/mol. The first-order valence-electron chi connectivity index (χ1n) is 7.28. The number of aliphatic hydroxyl groups excluding tert-OH is 1. The van der Waals surface area contributed by atoms with Gasteiger partial charge in [-0.05, 0) is 26.3 Å². The molecule has 1 aromatic rings. The molecule has 1 aromatic carbocycles. The van der Waals surface area contributed by atoms with E-state index in [1.165, 1.54) is 0 Å². The van der Waals surface area contributed by atoms with Crippen molar-refractivity contribution in [1.29, 1.82) is 0 Å². The molecule has 0 aliphatic carbocycles. The molecule has 0 spiro atoms. The van der Waals surface area contributed by atoms with Crippen LogP contribution in [0.4, 0.5) is 4.79 Å². The van der Waals surface area contributed by atoms with Crippen LogP contribution in [0.5, 0.6) is 0 Å². The molecule has 5 heteroatoms. The molecule has 0 radical (unpaired) electrons. The van der Waals surface area contributed by atoms with Crippen LogP contribution < -0.4 is 5.32 Å². The number of amides is 1. The van der Waals surface area contributed by atoms with Gasteiger partial charge in [0.25, 0.3) is 0 Å². The molecule has 1 saturated heterocycles. The second kappa shape index (κ2) is 6.45. The third-order valence-corrected chi connectivity index (χ3v) is 3.35. The normalized spacial score (nSPS) is 22.4. The number of carbonyl (C=O) groups excluding carboxylic acids is 1. The summed E-state index contributed by atoms with van der Waals surface area (Å²) in [5, 5.41) is 13.4. The molecule has 21 heavy (non-hydrogen) atoms. The van der Waals surface area contributed by atoms with Crippen LogP contribution in [-0.2, 0) is 11.3 Å². The fraction of sp³-hybridized carbons (Fsp3) is 0.562. The Balaban J connectivity index is 1.85. The Kier molecular flexibility index (Phi) is 4.85. The predicted molar refractivity (Wildman–Crippen MR) is 80.9 cm³/mol. The molecule has 1 aliphatic rings. The Morgan fingerprint density at radius 1 is 1.33 bits per heavy atom. The highest BCUT2D eigenvalue weighted by molar-refractivity contribution is 5.68. The lowest BCUT2D eigenvalue weighted by atomic mass is 10.2. The summed E-state index contributed by atoms with van der Waals surface area (Å²) in [6.45, 7) is 6.95. The number of hydrogen-bond acceptors (Lipinski definition) is 4. The Morgan fingerprint density at radius 3 is 2.62 bits per heavy atom. The minimum Gasteiger partial charge on any atom is -0.444 e. The zero-order valence-electron chi connectivity index (χ0n) is 12.9. The fourth-order valence-electron chi connectivity index (χ4n) is 2.31. The molecule has 0 bridgehead atoms. The standard InChI is InChI=1S/C16H24N2O3/c1-16(2,3)21-15(20)18-10-13(14(19)11-18)17-9-12-7-5-4-6-8-12/h4-8,13-14,17,19H,9-11H2,1-3H3/t13-,14+/m0/s1. The number of hydrogen-bond donors (Lipinski definition) is 2. The Morgan fingerprint density at radius 2 is 2.00 bits per heavy atom. The maximum absolute atomic E-state index is 12.0. The summed E-state index contributed by atoms with van der Waals surface area (Å²) in [6, 6.07) is 9.86. The van der Waals surface area contributed by atoms with Gasteiger partial charge >= 0.3 is 6.09 Å². The van der Waals surface area contributed by atoms with Crippen molar-refractivity contribution >= 4 is 6.09 Å². The van der Waals surface area contributed by atoms with E-state index < -0.39 is 11.7 Å². The highest BCUT2D eigenvalue weighted by atomic mass is 16.6. The SMILES string of the molecule is CC(C)(C)OC(=O)N1C[C@@H](O)[C@@H](NCc2ccccc2)C1. The summed E-state index contributed by atoms with van der Waals surface area (Å²) in [5.74, 6) is 0. The number of aliphatic hydroxyl groups is 1. The van der Waals surface area contributed by atoms with Crippen LogP contribution in [0.25, 0.3) is 0 Å². The van der Waals surface area contributed by atoms with Crippen LogP contribution in [0.15, 0.2) is 30.3 Å². The van der Waals surface area contributed by atoms with E-state index in [4.69, 9.17) is 4.74 Å². The number of ether oxygens (including phenoxy) is 1. The summed E-state index contributed by atoms with van der Waals surface area (Å²) in [7, 11) is 0. The molecule has 1 heterocycles. The number of rotatable bonds is 3. The molecule has 0 saturated carbocycles. The van der Waals surface area contributed by atoms with E-state index in [2.05, 4.69) is 5.32 Å². The van der Waals surface area contributed by atoms with Crippen molar-refractivity contribution in [3.63, 3.8) is 0 Å². The zero-order chi connectivity index (χ0) is 15.5. The van der Waals surface area contributed by atoms with Gasteiger partial charge in [-0.2, -0.15) is 0 Å². The van der Waals surface area contributed by atoms with Crippen LogP contribution in [0, 0.1) is 0 Å². The number of carbonyl (C=O) groups is 1. The van der Waals surface area contributed by atoms with Crippen molar-refractivity contribution in [2.24, 2.45) is 0 Å². The van der Waals surface area contributed by atoms with Crippen molar-refractivity contribution in [2.45, 2.75) is 45.1 Å². The zero-order valence-corrected chi connectivity index (χ0v) is 12.9. The summed E-state index contributed by atoms with van der Waals surface area (Å²) in [4.78, 5) is 13.5. The molecule has 0 unspecified atom stereocenters. The van der Waals surface area contributed by atoms with Gasteiger partial charge in [0.15, 0.2) is 0 Å². The van der Waals surface area contributed by atoms with E-state index in [-0.39, 0.29) is 12.1 Å². The fourth-order valence-corrected chi connectivity index (χ4v) is 2.31. The van der Waals surface area contributed by atoms with Gasteiger partial charge in [0.05, 0.1) is 18.7 Å². The van der Waals surface area contributed by atoms with E-state index in [1.807, 2.05) is 51.1 Å². The smallest absolute Gasteiger partial charge is 0.410 e. The topological polar surface area (TPSA) is 61.8 Å².